The zero-order valence-electron chi connectivity index (χ0n) is 11.7. The van der Waals surface area contributed by atoms with Gasteiger partial charge in [0.25, 0.3) is 0 Å². The molecule has 1 aliphatic rings. The molecule has 0 aliphatic heterocycles. The van der Waals surface area contributed by atoms with Crippen LogP contribution in [0.15, 0.2) is 27.6 Å². The third kappa shape index (κ3) is 3.35. The Bertz CT molecular complexity index is 581. The Morgan fingerprint density at radius 1 is 1.35 bits per heavy atom. The number of rotatable bonds is 5. The Hall–Kier alpha value is -0.590. The van der Waals surface area contributed by atoms with Crippen LogP contribution in [-0.4, -0.2) is 15.0 Å². The summed E-state index contributed by atoms with van der Waals surface area (Å²) in [4.78, 5) is 0.157. The van der Waals surface area contributed by atoms with Crippen molar-refractivity contribution in [3.8, 4) is 0 Å². The van der Waals surface area contributed by atoms with Gasteiger partial charge >= 0.3 is 0 Å². The average Bonchev–Trinajstić information content (AvgIpc) is 2.85. The maximum atomic E-state index is 12.4. The van der Waals surface area contributed by atoms with Gasteiger partial charge in [-0.3, -0.25) is 0 Å². The molecule has 0 heterocycles. The molecule has 2 rings (SSSR count). The zero-order valence-corrected chi connectivity index (χ0v) is 14.1. The minimum Gasteiger partial charge on any atom is -0.398 e. The van der Waals surface area contributed by atoms with E-state index in [1.54, 1.807) is 12.1 Å². The van der Waals surface area contributed by atoms with E-state index >= 15 is 0 Å². The van der Waals surface area contributed by atoms with Crippen molar-refractivity contribution in [3.63, 3.8) is 0 Å². The fraction of sp³-hybridized carbons (Fsp3) is 0.571. The smallest absolute Gasteiger partial charge is 0.242 e. The first-order valence-corrected chi connectivity index (χ1v) is 9.21. The molecule has 0 aromatic heterocycles. The van der Waals surface area contributed by atoms with Crippen molar-refractivity contribution in [1.82, 2.24) is 4.72 Å². The standard InChI is InChI=1S/C14H21BrN2O2S/c1-2-14(7-3-4-8-14)10-17-20(18,19)13-6-5-11(15)9-12(13)16/h5-6,9,17H,2-4,7-8,10,16H2,1H3. The highest BCUT2D eigenvalue weighted by Crippen LogP contribution is 2.40. The van der Waals surface area contributed by atoms with E-state index in [-0.39, 0.29) is 16.0 Å². The minimum atomic E-state index is -3.54. The summed E-state index contributed by atoms with van der Waals surface area (Å²) in [6.07, 6.45) is 5.58. The van der Waals surface area contributed by atoms with Crippen LogP contribution in [0.2, 0.25) is 0 Å². The van der Waals surface area contributed by atoms with Crippen LogP contribution in [0.1, 0.15) is 39.0 Å². The van der Waals surface area contributed by atoms with Crippen LogP contribution < -0.4 is 10.5 Å². The van der Waals surface area contributed by atoms with Gasteiger partial charge < -0.3 is 5.73 Å². The second-order valence-electron chi connectivity index (χ2n) is 5.57. The highest BCUT2D eigenvalue weighted by atomic mass is 79.9. The lowest BCUT2D eigenvalue weighted by molar-refractivity contribution is 0.285. The van der Waals surface area contributed by atoms with E-state index in [0.717, 1.165) is 23.7 Å². The van der Waals surface area contributed by atoms with Crippen molar-refractivity contribution in [2.75, 3.05) is 12.3 Å². The lowest BCUT2D eigenvalue weighted by Gasteiger charge is -2.27. The van der Waals surface area contributed by atoms with Crippen LogP contribution >= 0.6 is 15.9 Å². The number of hydrogen-bond acceptors (Lipinski definition) is 3. The number of nitrogen functional groups attached to an aromatic ring is 1. The Morgan fingerprint density at radius 2 is 2.00 bits per heavy atom. The first kappa shape index (κ1) is 15.8. The summed E-state index contributed by atoms with van der Waals surface area (Å²) in [5, 5.41) is 0. The summed E-state index contributed by atoms with van der Waals surface area (Å²) in [6.45, 7) is 2.63. The molecule has 3 N–H and O–H groups in total. The molecule has 0 bridgehead atoms. The van der Waals surface area contributed by atoms with Gasteiger partial charge in [0.15, 0.2) is 0 Å². The highest BCUT2D eigenvalue weighted by Gasteiger charge is 2.33. The Balaban J connectivity index is 2.15. The molecule has 6 heteroatoms. The molecule has 0 unspecified atom stereocenters. The second-order valence-corrected chi connectivity index (χ2v) is 8.22. The van der Waals surface area contributed by atoms with Crippen molar-refractivity contribution in [2.24, 2.45) is 5.41 Å². The molecule has 1 aromatic rings. The van der Waals surface area contributed by atoms with Crippen LogP contribution in [0.25, 0.3) is 0 Å². The summed E-state index contributed by atoms with van der Waals surface area (Å²) in [7, 11) is -3.54. The van der Waals surface area contributed by atoms with E-state index in [0.29, 0.717) is 6.54 Å². The van der Waals surface area contributed by atoms with Gasteiger partial charge in [0.05, 0.1) is 5.69 Å². The van der Waals surface area contributed by atoms with E-state index in [9.17, 15) is 8.42 Å². The summed E-state index contributed by atoms with van der Waals surface area (Å²) in [5.74, 6) is 0. The molecular formula is C14H21BrN2O2S. The van der Waals surface area contributed by atoms with Gasteiger partial charge in [0.2, 0.25) is 10.0 Å². The minimum absolute atomic E-state index is 0.122. The lowest BCUT2D eigenvalue weighted by Crippen LogP contribution is -2.35. The molecule has 1 fully saturated rings. The Morgan fingerprint density at radius 3 is 2.55 bits per heavy atom. The van der Waals surface area contributed by atoms with E-state index in [1.165, 1.54) is 18.9 Å². The number of sulfonamides is 1. The molecule has 20 heavy (non-hydrogen) atoms. The average molecular weight is 361 g/mol. The van der Waals surface area contributed by atoms with Crippen molar-refractivity contribution in [1.29, 1.82) is 0 Å². The third-order valence-corrected chi connectivity index (χ3v) is 6.28. The topological polar surface area (TPSA) is 72.2 Å². The van der Waals surface area contributed by atoms with E-state index < -0.39 is 10.0 Å². The van der Waals surface area contributed by atoms with Crippen molar-refractivity contribution < 1.29 is 8.42 Å². The third-order valence-electron chi connectivity index (χ3n) is 4.31. The van der Waals surface area contributed by atoms with E-state index in [4.69, 9.17) is 5.73 Å². The van der Waals surface area contributed by atoms with E-state index in [2.05, 4.69) is 27.6 Å². The molecular weight excluding hydrogens is 340 g/mol. The van der Waals surface area contributed by atoms with Gasteiger partial charge in [-0.2, -0.15) is 0 Å². The maximum Gasteiger partial charge on any atom is 0.242 e. The number of anilines is 1. The van der Waals surface area contributed by atoms with Gasteiger partial charge in [-0.15, -0.1) is 0 Å². The highest BCUT2D eigenvalue weighted by molar-refractivity contribution is 9.10. The number of nitrogens with two attached hydrogens (primary N) is 1. The SMILES string of the molecule is CCC1(CNS(=O)(=O)c2ccc(Br)cc2N)CCCC1. The molecule has 0 amide bonds. The predicted molar refractivity (Wildman–Crippen MR) is 84.9 cm³/mol. The number of benzene rings is 1. The summed E-state index contributed by atoms with van der Waals surface area (Å²) in [6, 6.07) is 4.84. The Labute approximate surface area is 129 Å². The first-order chi connectivity index (χ1) is 9.38. The van der Waals surface area contributed by atoms with Crippen molar-refractivity contribution in [2.45, 2.75) is 43.9 Å². The van der Waals surface area contributed by atoms with Gasteiger partial charge in [-0.1, -0.05) is 35.7 Å². The Kier molecular flexibility index (Phi) is 4.76. The fourth-order valence-corrected chi connectivity index (χ4v) is 4.52. The largest absolute Gasteiger partial charge is 0.398 e. The van der Waals surface area contributed by atoms with Crippen LogP contribution in [0.4, 0.5) is 5.69 Å². The zero-order chi connectivity index (χ0) is 14.8. The molecule has 4 nitrogen and oxygen atoms in total. The fourth-order valence-electron chi connectivity index (χ4n) is 2.87. The summed E-state index contributed by atoms with van der Waals surface area (Å²) in [5.41, 5.74) is 6.20. The molecule has 112 valence electrons. The maximum absolute atomic E-state index is 12.4. The lowest BCUT2D eigenvalue weighted by atomic mass is 9.84. The molecule has 0 radical (unpaired) electrons. The monoisotopic (exact) mass is 360 g/mol. The van der Waals surface area contributed by atoms with Crippen LogP contribution in [0.5, 0.6) is 0 Å². The van der Waals surface area contributed by atoms with Crippen molar-refractivity contribution in [3.05, 3.63) is 22.7 Å². The normalized spacial score (nSPS) is 18.3. The predicted octanol–water partition coefficient (Wildman–Crippen LogP) is 3.28. The molecule has 1 saturated carbocycles. The number of hydrogen-bond donors (Lipinski definition) is 2. The second kappa shape index (κ2) is 6.03. The first-order valence-electron chi connectivity index (χ1n) is 6.93. The quantitative estimate of drug-likeness (QED) is 0.791. The molecule has 0 spiro atoms. The van der Waals surface area contributed by atoms with Gasteiger partial charge in [-0.05, 0) is 42.9 Å². The van der Waals surface area contributed by atoms with Crippen molar-refractivity contribution >= 4 is 31.6 Å². The van der Waals surface area contributed by atoms with Crippen LogP contribution in [-0.2, 0) is 10.0 Å². The van der Waals surface area contributed by atoms with Crippen LogP contribution in [0.3, 0.4) is 0 Å². The molecule has 0 saturated heterocycles. The molecule has 1 aromatic carbocycles. The number of halogens is 1. The van der Waals surface area contributed by atoms with E-state index in [1.807, 2.05) is 0 Å². The van der Waals surface area contributed by atoms with Crippen LogP contribution in [0, 0.1) is 5.41 Å². The number of nitrogens with one attached hydrogen (secondary N) is 1. The van der Waals surface area contributed by atoms with Gasteiger partial charge in [0, 0.05) is 11.0 Å². The van der Waals surface area contributed by atoms with Gasteiger partial charge in [-0.25, -0.2) is 13.1 Å². The summed E-state index contributed by atoms with van der Waals surface area (Å²) < 4.78 is 28.3. The molecule has 1 aliphatic carbocycles. The summed E-state index contributed by atoms with van der Waals surface area (Å²) >= 11 is 3.28. The van der Waals surface area contributed by atoms with Gasteiger partial charge in [0.1, 0.15) is 4.90 Å². The molecule has 0 atom stereocenters.